The van der Waals surface area contributed by atoms with Gasteiger partial charge in [0.05, 0.1) is 0 Å². The molecule has 0 atom stereocenters. The molecule has 0 amide bonds. The molecule has 0 aliphatic carbocycles. The van der Waals surface area contributed by atoms with Crippen LogP contribution < -0.4 is 10.6 Å². The minimum Gasteiger partial charge on any atom is -0.363 e. The van der Waals surface area contributed by atoms with Crippen molar-refractivity contribution < 1.29 is 0 Å². The fourth-order valence-electron chi connectivity index (χ4n) is 2.13. The molecule has 0 bridgehead atoms. The smallest absolute Gasteiger partial charge is 0.170 e. The van der Waals surface area contributed by atoms with E-state index in [0.717, 1.165) is 25.1 Å². The molecule has 3 nitrogen and oxygen atoms in total. The van der Waals surface area contributed by atoms with Gasteiger partial charge in [-0.15, -0.1) is 0 Å². The van der Waals surface area contributed by atoms with Crippen molar-refractivity contribution >= 4 is 23.0 Å². The highest BCUT2D eigenvalue weighted by Gasteiger charge is 2.01. The minimum atomic E-state index is 0.661. The SMILES string of the molecule is CCNC(=S)Nc1ccc(CCc2ncccc2C)cc1. The number of aromatic nitrogens is 1. The zero-order chi connectivity index (χ0) is 15.1. The lowest BCUT2D eigenvalue weighted by molar-refractivity contribution is 0.900. The second kappa shape index (κ2) is 7.74. The molecule has 1 aromatic heterocycles. The monoisotopic (exact) mass is 299 g/mol. The van der Waals surface area contributed by atoms with E-state index < -0.39 is 0 Å². The molecule has 4 heteroatoms. The summed E-state index contributed by atoms with van der Waals surface area (Å²) in [6.45, 7) is 4.96. The first-order valence-electron chi connectivity index (χ1n) is 7.23. The number of hydrogen-bond donors (Lipinski definition) is 2. The van der Waals surface area contributed by atoms with Crippen LogP contribution in [0.4, 0.5) is 5.69 Å². The van der Waals surface area contributed by atoms with E-state index >= 15 is 0 Å². The first-order chi connectivity index (χ1) is 10.2. The van der Waals surface area contributed by atoms with E-state index in [-0.39, 0.29) is 0 Å². The molecule has 1 aromatic carbocycles. The molecule has 1 heterocycles. The molecule has 0 unspecified atom stereocenters. The molecular weight excluding hydrogens is 278 g/mol. The molecule has 0 spiro atoms. The number of anilines is 1. The predicted molar refractivity (Wildman–Crippen MR) is 92.7 cm³/mol. The zero-order valence-electron chi connectivity index (χ0n) is 12.5. The van der Waals surface area contributed by atoms with E-state index in [1.54, 1.807) is 0 Å². The molecule has 0 fully saturated rings. The molecule has 0 radical (unpaired) electrons. The fraction of sp³-hybridized carbons (Fsp3) is 0.294. The second-order valence-corrected chi connectivity index (χ2v) is 5.36. The Balaban J connectivity index is 1.91. The molecule has 0 aliphatic rings. The first-order valence-corrected chi connectivity index (χ1v) is 7.64. The van der Waals surface area contributed by atoms with Gasteiger partial charge in [0.25, 0.3) is 0 Å². The van der Waals surface area contributed by atoms with Gasteiger partial charge in [0.2, 0.25) is 0 Å². The van der Waals surface area contributed by atoms with E-state index in [4.69, 9.17) is 12.2 Å². The molecule has 2 aromatic rings. The lowest BCUT2D eigenvalue weighted by Crippen LogP contribution is -2.27. The van der Waals surface area contributed by atoms with Crippen LogP contribution in [-0.2, 0) is 12.8 Å². The van der Waals surface area contributed by atoms with Crippen molar-refractivity contribution in [2.75, 3.05) is 11.9 Å². The molecule has 21 heavy (non-hydrogen) atoms. The normalized spacial score (nSPS) is 10.2. The number of rotatable bonds is 5. The Hall–Kier alpha value is -1.94. The predicted octanol–water partition coefficient (Wildman–Crippen LogP) is 3.48. The van der Waals surface area contributed by atoms with Crippen LogP contribution in [0.5, 0.6) is 0 Å². The number of thiocarbonyl (C=S) groups is 1. The number of aryl methyl sites for hydroxylation is 3. The van der Waals surface area contributed by atoms with Gasteiger partial charge in [-0.3, -0.25) is 4.98 Å². The Morgan fingerprint density at radius 2 is 1.90 bits per heavy atom. The van der Waals surface area contributed by atoms with Crippen LogP contribution in [0.2, 0.25) is 0 Å². The standard InChI is InChI=1S/C17H21N3S/c1-3-18-17(21)20-15-9-6-14(7-10-15)8-11-16-13(2)5-4-12-19-16/h4-7,9-10,12H,3,8,11H2,1-2H3,(H2,18,20,21). The second-order valence-electron chi connectivity index (χ2n) is 4.95. The highest BCUT2D eigenvalue weighted by molar-refractivity contribution is 7.80. The summed E-state index contributed by atoms with van der Waals surface area (Å²) in [5.41, 5.74) is 4.75. The van der Waals surface area contributed by atoms with Crippen molar-refractivity contribution in [3.8, 4) is 0 Å². The fourth-order valence-corrected chi connectivity index (χ4v) is 2.40. The largest absolute Gasteiger partial charge is 0.363 e. The van der Waals surface area contributed by atoms with Crippen LogP contribution in [0.15, 0.2) is 42.6 Å². The summed E-state index contributed by atoms with van der Waals surface area (Å²) >= 11 is 5.17. The van der Waals surface area contributed by atoms with E-state index in [1.807, 2.05) is 19.2 Å². The van der Waals surface area contributed by atoms with Crippen molar-refractivity contribution in [2.45, 2.75) is 26.7 Å². The molecule has 2 N–H and O–H groups in total. The number of benzene rings is 1. The van der Waals surface area contributed by atoms with Crippen molar-refractivity contribution in [2.24, 2.45) is 0 Å². The average molecular weight is 299 g/mol. The Bertz CT molecular complexity index is 593. The average Bonchev–Trinajstić information content (AvgIpc) is 2.48. The summed E-state index contributed by atoms with van der Waals surface area (Å²) in [6.07, 6.45) is 3.82. The number of nitrogens with zero attached hydrogens (tertiary/aromatic N) is 1. The molecule has 110 valence electrons. The zero-order valence-corrected chi connectivity index (χ0v) is 13.3. The third-order valence-electron chi connectivity index (χ3n) is 3.32. The van der Waals surface area contributed by atoms with Gasteiger partial charge in [-0.05, 0) is 68.2 Å². The Morgan fingerprint density at radius 3 is 2.57 bits per heavy atom. The minimum absolute atomic E-state index is 0.661. The van der Waals surface area contributed by atoms with Crippen LogP contribution in [0.1, 0.15) is 23.7 Å². The van der Waals surface area contributed by atoms with Crippen LogP contribution in [-0.4, -0.2) is 16.6 Å². The quantitative estimate of drug-likeness (QED) is 0.829. The maximum absolute atomic E-state index is 5.17. The lowest BCUT2D eigenvalue weighted by Gasteiger charge is -2.09. The van der Waals surface area contributed by atoms with Gasteiger partial charge in [-0.25, -0.2) is 0 Å². The van der Waals surface area contributed by atoms with Crippen LogP contribution in [0, 0.1) is 6.92 Å². The van der Waals surface area contributed by atoms with Crippen molar-refractivity contribution in [1.82, 2.24) is 10.3 Å². The van der Waals surface area contributed by atoms with Gasteiger partial charge in [-0.2, -0.15) is 0 Å². The van der Waals surface area contributed by atoms with Gasteiger partial charge in [0.15, 0.2) is 5.11 Å². The molecule has 0 aliphatic heterocycles. The summed E-state index contributed by atoms with van der Waals surface area (Å²) < 4.78 is 0. The summed E-state index contributed by atoms with van der Waals surface area (Å²) in [5.74, 6) is 0. The Kier molecular flexibility index (Phi) is 5.69. The topological polar surface area (TPSA) is 37.0 Å². The van der Waals surface area contributed by atoms with Crippen molar-refractivity contribution in [1.29, 1.82) is 0 Å². The van der Waals surface area contributed by atoms with Crippen LogP contribution in [0.25, 0.3) is 0 Å². The molecule has 0 saturated carbocycles. The van der Waals surface area contributed by atoms with Crippen molar-refractivity contribution in [3.05, 3.63) is 59.4 Å². The third-order valence-corrected chi connectivity index (χ3v) is 3.56. The van der Waals surface area contributed by atoms with Gasteiger partial charge < -0.3 is 10.6 Å². The number of nitrogens with one attached hydrogen (secondary N) is 2. The first kappa shape index (κ1) is 15.4. The van der Waals surface area contributed by atoms with Gasteiger partial charge in [0, 0.05) is 24.1 Å². The van der Waals surface area contributed by atoms with E-state index in [1.165, 1.54) is 16.8 Å². The van der Waals surface area contributed by atoms with E-state index in [0.29, 0.717) is 5.11 Å². The number of hydrogen-bond acceptors (Lipinski definition) is 2. The van der Waals surface area contributed by atoms with Crippen LogP contribution >= 0.6 is 12.2 Å². The maximum atomic E-state index is 5.17. The Morgan fingerprint density at radius 1 is 1.14 bits per heavy atom. The number of pyridine rings is 1. The highest BCUT2D eigenvalue weighted by Crippen LogP contribution is 2.13. The molecular formula is C17H21N3S. The van der Waals surface area contributed by atoms with Gasteiger partial charge in [0.1, 0.15) is 0 Å². The molecule has 2 rings (SSSR count). The van der Waals surface area contributed by atoms with Crippen LogP contribution in [0.3, 0.4) is 0 Å². The summed E-state index contributed by atoms with van der Waals surface area (Å²) in [7, 11) is 0. The summed E-state index contributed by atoms with van der Waals surface area (Å²) in [5, 5.41) is 6.90. The van der Waals surface area contributed by atoms with E-state index in [2.05, 4.69) is 52.9 Å². The third kappa shape index (κ3) is 4.83. The van der Waals surface area contributed by atoms with Crippen molar-refractivity contribution in [3.63, 3.8) is 0 Å². The Labute approximate surface area is 131 Å². The maximum Gasteiger partial charge on any atom is 0.170 e. The summed E-state index contributed by atoms with van der Waals surface area (Å²) in [6, 6.07) is 12.5. The lowest BCUT2D eigenvalue weighted by atomic mass is 10.1. The van der Waals surface area contributed by atoms with Gasteiger partial charge >= 0.3 is 0 Å². The highest BCUT2D eigenvalue weighted by atomic mass is 32.1. The van der Waals surface area contributed by atoms with Gasteiger partial charge in [-0.1, -0.05) is 18.2 Å². The van der Waals surface area contributed by atoms with E-state index in [9.17, 15) is 0 Å². The summed E-state index contributed by atoms with van der Waals surface area (Å²) in [4.78, 5) is 4.43. The molecule has 0 saturated heterocycles.